The number of aliphatic hydroxyl groups is 1. The number of amides is 1. The van der Waals surface area contributed by atoms with Crippen molar-refractivity contribution in [3.63, 3.8) is 0 Å². The largest absolute Gasteiger partial charge is 0.496 e. The minimum atomic E-state index is -4.72. The lowest BCUT2D eigenvalue weighted by molar-refractivity contribution is -0.146. The third-order valence-corrected chi connectivity index (χ3v) is 8.63. The van der Waals surface area contributed by atoms with Crippen molar-refractivity contribution in [2.24, 2.45) is 0 Å². The maximum Gasteiger partial charge on any atom is 0.453 e. The van der Waals surface area contributed by atoms with Gasteiger partial charge in [0.05, 0.1) is 12.8 Å². The van der Waals surface area contributed by atoms with Gasteiger partial charge in [0, 0.05) is 55.8 Å². The van der Waals surface area contributed by atoms with Crippen molar-refractivity contribution in [3.05, 3.63) is 101 Å². The van der Waals surface area contributed by atoms with Crippen LogP contribution in [0.25, 0.3) is 5.69 Å². The normalized spacial score (nSPS) is 19.8. The second kappa shape index (κ2) is 15.4. The molecule has 3 heterocycles. The Kier molecular flexibility index (Phi) is 11.9. The quantitative estimate of drug-likeness (QED) is 0.270. The molecule has 1 aromatic heterocycles. The van der Waals surface area contributed by atoms with Crippen LogP contribution in [-0.4, -0.2) is 92.5 Å². The number of aliphatic hydroxyl groups excluding tert-OH is 1. The second-order valence-electron chi connectivity index (χ2n) is 11.5. The van der Waals surface area contributed by atoms with Gasteiger partial charge in [-0.1, -0.05) is 60.7 Å². The molecule has 6 rings (SSSR count). The number of carbonyl (C=O) groups is 1. The van der Waals surface area contributed by atoms with Gasteiger partial charge >= 0.3 is 6.18 Å². The third kappa shape index (κ3) is 7.87. The number of alkyl halides is 3. The summed E-state index contributed by atoms with van der Waals surface area (Å²) in [7, 11) is 1.53. The zero-order valence-corrected chi connectivity index (χ0v) is 27.1. The number of halogens is 5. The smallest absolute Gasteiger partial charge is 0.453 e. The highest BCUT2D eigenvalue weighted by molar-refractivity contribution is 5.85. The SMILES string of the molecule is COc1ccc(-n2nnnc2C(F)(F)F)cc1CN1C[C@@H]2CC(NC(=O)CO)CN2[C@H](C(c2ccccc2)c2ccccc2)C1.Cl.Cl. The van der Waals surface area contributed by atoms with E-state index >= 15 is 0 Å². The average Bonchev–Trinajstić information content (AvgIpc) is 3.70. The van der Waals surface area contributed by atoms with Crippen molar-refractivity contribution in [3.8, 4) is 11.4 Å². The van der Waals surface area contributed by atoms with Crippen LogP contribution in [0.5, 0.6) is 5.75 Å². The summed E-state index contributed by atoms with van der Waals surface area (Å²) in [6.45, 7) is 1.80. The summed E-state index contributed by atoms with van der Waals surface area (Å²) in [5, 5.41) is 22.4. The van der Waals surface area contributed by atoms with Gasteiger partial charge in [-0.15, -0.1) is 29.9 Å². The lowest BCUT2D eigenvalue weighted by Gasteiger charge is -2.47. The number of fused-ring (bicyclic) bond motifs is 1. The number of aromatic nitrogens is 4. The molecule has 2 N–H and O–H groups in total. The van der Waals surface area contributed by atoms with Crippen LogP contribution in [0.1, 0.15) is 34.9 Å². The minimum Gasteiger partial charge on any atom is -0.496 e. The Morgan fingerprint density at radius 3 is 2.26 bits per heavy atom. The lowest BCUT2D eigenvalue weighted by Crippen LogP contribution is -2.58. The molecule has 0 spiro atoms. The number of hydrogen-bond donors (Lipinski definition) is 2. The summed E-state index contributed by atoms with van der Waals surface area (Å²) in [6, 6.07) is 25.4. The molecule has 0 saturated carbocycles. The fraction of sp³-hybridized carbons (Fsp3) is 0.375. The highest BCUT2D eigenvalue weighted by atomic mass is 35.5. The maximum absolute atomic E-state index is 13.6. The van der Waals surface area contributed by atoms with Crippen molar-refractivity contribution in [1.82, 2.24) is 35.3 Å². The first-order valence-corrected chi connectivity index (χ1v) is 14.8. The first-order valence-electron chi connectivity index (χ1n) is 14.8. The molecule has 3 aromatic carbocycles. The zero-order chi connectivity index (χ0) is 31.6. The number of rotatable bonds is 9. The molecular weight excluding hydrogens is 658 g/mol. The molecule has 4 aromatic rings. The van der Waals surface area contributed by atoms with Crippen LogP contribution < -0.4 is 10.1 Å². The molecule has 252 valence electrons. The Bertz CT molecular complexity index is 1570. The average molecular weight is 695 g/mol. The molecule has 47 heavy (non-hydrogen) atoms. The molecule has 2 aliphatic rings. The number of hydrogen-bond acceptors (Lipinski definition) is 8. The van der Waals surface area contributed by atoms with E-state index in [9.17, 15) is 23.1 Å². The lowest BCUT2D eigenvalue weighted by atomic mass is 9.82. The van der Waals surface area contributed by atoms with Crippen LogP contribution in [-0.2, 0) is 17.5 Å². The number of benzene rings is 3. The highest BCUT2D eigenvalue weighted by Gasteiger charge is 2.45. The van der Waals surface area contributed by atoms with E-state index in [1.807, 2.05) is 36.4 Å². The topological polar surface area (TPSA) is 109 Å². The van der Waals surface area contributed by atoms with Crippen LogP contribution in [0.3, 0.4) is 0 Å². The van der Waals surface area contributed by atoms with Gasteiger partial charge in [-0.2, -0.15) is 17.9 Å². The Hall–Kier alpha value is -3.75. The monoisotopic (exact) mass is 693 g/mol. The van der Waals surface area contributed by atoms with Crippen molar-refractivity contribution < 1.29 is 27.8 Å². The molecule has 3 atom stereocenters. The summed E-state index contributed by atoms with van der Waals surface area (Å²) < 4.78 is 47.1. The maximum atomic E-state index is 13.6. The summed E-state index contributed by atoms with van der Waals surface area (Å²) in [6.07, 6.45) is -4.02. The van der Waals surface area contributed by atoms with Gasteiger partial charge in [0.25, 0.3) is 5.82 Å². The molecule has 2 saturated heterocycles. The fourth-order valence-electron chi connectivity index (χ4n) is 6.83. The predicted octanol–water partition coefficient (Wildman–Crippen LogP) is 4.10. The van der Waals surface area contributed by atoms with Crippen LogP contribution in [0.2, 0.25) is 0 Å². The Balaban J connectivity index is 0.00000250. The van der Waals surface area contributed by atoms with Crippen LogP contribution in [0.15, 0.2) is 78.9 Å². The van der Waals surface area contributed by atoms with Gasteiger partial charge in [0.2, 0.25) is 5.91 Å². The van der Waals surface area contributed by atoms with Crippen molar-refractivity contribution in [1.29, 1.82) is 0 Å². The van der Waals surface area contributed by atoms with Gasteiger partial charge < -0.3 is 15.2 Å². The molecule has 1 unspecified atom stereocenters. The number of tetrazole rings is 1. The Labute approximate surface area is 282 Å². The summed E-state index contributed by atoms with van der Waals surface area (Å²) in [4.78, 5) is 16.9. The number of nitrogens with zero attached hydrogens (tertiary/aromatic N) is 6. The number of carbonyl (C=O) groups excluding carboxylic acids is 1. The van der Waals surface area contributed by atoms with Gasteiger partial charge in [0.1, 0.15) is 12.4 Å². The van der Waals surface area contributed by atoms with E-state index in [1.165, 1.54) is 13.2 Å². The van der Waals surface area contributed by atoms with E-state index in [0.717, 1.165) is 11.1 Å². The van der Waals surface area contributed by atoms with E-state index in [2.05, 4.69) is 54.9 Å². The van der Waals surface area contributed by atoms with Crippen LogP contribution in [0.4, 0.5) is 13.2 Å². The number of piperazine rings is 1. The molecular formula is C32H36Cl2F3N7O3. The molecule has 15 heteroatoms. The van der Waals surface area contributed by atoms with E-state index in [0.29, 0.717) is 48.6 Å². The van der Waals surface area contributed by atoms with Crippen LogP contribution in [0, 0.1) is 0 Å². The predicted molar refractivity (Wildman–Crippen MR) is 173 cm³/mol. The van der Waals surface area contributed by atoms with Crippen molar-refractivity contribution in [2.45, 2.75) is 43.2 Å². The number of nitrogens with one attached hydrogen (secondary N) is 1. The van der Waals surface area contributed by atoms with Gasteiger partial charge in [-0.05, 0) is 46.2 Å². The first-order chi connectivity index (χ1) is 21.7. The highest BCUT2D eigenvalue weighted by Crippen LogP contribution is 2.39. The third-order valence-electron chi connectivity index (χ3n) is 8.63. The number of methoxy groups -OCH3 is 1. The Morgan fingerprint density at radius 2 is 1.66 bits per heavy atom. The summed E-state index contributed by atoms with van der Waals surface area (Å²) >= 11 is 0. The van der Waals surface area contributed by atoms with E-state index in [-0.39, 0.29) is 54.5 Å². The minimum absolute atomic E-state index is 0. The van der Waals surface area contributed by atoms with Crippen LogP contribution >= 0.6 is 24.8 Å². The van der Waals surface area contributed by atoms with Gasteiger partial charge in [-0.25, -0.2) is 0 Å². The zero-order valence-electron chi connectivity index (χ0n) is 25.5. The fourth-order valence-corrected chi connectivity index (χ4v) is 6.83. The van der Waals surface area contributed by atoms with E-state index < -0.39 is 24.5 Å². The molecule has 10 nitrogen and oxygen atoms in total. The van der Waals surface area contributed by atoms with Crippen molar-refractivity contribution in [2.75, 3.05) is 33.4 Å². The summed E-state index contributed by atoms with van der Waals surface area (Å²) in [5.41, 5.74) is 3.20. The molecule has 0 bridgehead atoms. The molecule has 0 radical (unpaired) electrons. The van der Waals surface area contributed by atoms with Gasteiger partial charge in [0.15, 0.2) is 0 Å². The molecule has 2 fully saturated rings. The molecule has 0 aliphatic carbocycles. The first kappa shape index (κ1) is 36.1. The van der Waals surface area contributed by atoms with Crippen molar-refractivity contribution >= 4 is 30.7 Å². The molecule has 2 aliphatic heterocycles. The number of ether oxygens (including phenoxy) is 1. The molecule has 1 amide bonds. The second-order valence-corrected chi connectivity index (χ2v) is 11.5. The van der Waals surface area contributed by atoms with E-state index in [4.69, 9.17) is 4.74 Å². The standard InChI is InChI=1S/C32H34F3N7O3.2ClH/c1-45-28-13-12-25(42-31(32(33,34)35)37-38-39-42)14-23(28)16-40-18-26-15-24(36-29(44)20-43)17-41(26)27(19-40)30(21-8-4-2-5-9-21)22-10-6-3-7-11-22;;/h2-14,24,26-27,30,43H,15-20H2,1H3,(H,36,44);2*1H/t24?,26-,27-;;/m0../s1. The van der Waals surface area contributed by atoms with Gasteiger partial charge in [-0.3, -0.25) is 14.6 Å². The summed E-state index contributed by atoms with van der Waals surface area (Å²) in [5.74, 6) is -1.06. The van der Waals surface area contributed by atoms with E-state index in [1.54, 1.807) is 12.1 Å². The Morgan fingerprint density at radius 1 is 1.00 bits per heavy atom.